The normalized spacial score (nSPS) is 28.6. The Morgan fingerprint density at radius 3 is 3.00 bits per heavy atom. The number of alkyl halides is 1. The molecule has 0 saturated carbocycles. The van der Waals surface area contributed by atoms with E-state index in [0.717, 1.165) is 25.1 Å². The first-order chi connectivity index (χ1) is 4.33. The molecule has 1 aliphatic rings. The summed E-state index contributed by atoms with van der Waals surface area (Å²) in [5.74, 6) is 0.186. The molecule has 0 spiro atoms. The monoisotopic (exact) mass is 129 g/mol. The maximum atomic E-state index is 12.0. The van der Waals surface area contributed by atoms with E-state index in [4.69, 9.17) is 0 Å². The topological polar surface area (TPSA) is 12.0 Å². The molecule has 0 aromatic carbocycles. The van der Waals surface area contributed by atoms with Gasteiger partial charge in [-0.3, -0.25) is 4.39 Å². The highest BCUT2D eigenvalue weighted by Gasteiger charge is 2.13. The molecule has 1 atom stereocenters. The van der Waals surface area contributed by atoms with Crippen LogP contribution in [0.4, 0.5) is 4.39 Å². The van der Waals surface area contributed by atoms with Gasteiger partial charge in [0.15, 0.2) is 0 Å². The van der Waals surface area contributed by atoms with Crippen LogP contribution in [0.25, 0.3) is 0 Å². The zero-order valence-electron chi connectivity index (χ0n) is 5.49. The number of halogens is 1. The van der Waals surface area contributed by atoms with Crippen molar-refractivity contribution in [3.8, 4) is 0 Å². The average molecular weight is 129 g/mol. The number of hydrogen-bond donors (Lipinski definition) is 1. The SMILES string of the molecule is C=C1CNCC(CF)C1. The Balaban J connectivity index is 2.32. The summed E-state index contributed by atoms with van der Waals surface area (Å²) >= 11 is 0. The average Bonchev–Trinajstić information content (AvgIpc) is 1.88. The van der Waals surface area contributed by atoms with E-state index in [1.165, 1.54) is 0 Å². The maximum absolute atomic E-state index is 12.0. The van der Waals surface area contributed by atoms with Gasteiger partial charge in [0.2, 0.25) is 0 Å². The molecule has 1 unspecified atom stereocenters. The van der Waals surface area contributed by atoms with Crippen LogP contribution < -0.4 is 5.32 Å². The molecule has 1 N–H and O–H groups in total. The number of rotatable bonds is 1. The Morgan fingerprint density at radius 1 is 1.78 bits per heavy atom. The Morgan fingerprint density at radius 2 is 2.56 bits per heavy atom. The second-order valence-corrected chi connectivity index (χ2v) is 2.61. The van der Waals surface area contributed by atoms with E-state index < -0.39 is 0 Å². The van der Waals surface area contributed by atoms with Crippen molar-refractivity contribution in [2.24, 2.45) is 5.92 Å². The number of hydrogen-bond acceptors (Lipinski definition) is 1. The summed E-state index contributed by atoms with van der Waals surface area (Å²) in [6, 6.07) is 0. The van der Waals surface area contributed by atoms with Crippen LogP contribution in [0.1, 0.15) is 6.42 Å². The van der Waals surface area contributed by atoms with Crippen LogP contribution in [0.3, 0.4) is 0 Å². The fraction of sp³-hybridized carbons (Fsp3) is 0.714. The predicted octanol–water partition coefficient (Wildman–Crippen LogP) is 1.12. The highest BCUT2D eigenvalue weighted by molar-refractivity contribution is 5.01. The third kappa shape index (κ3) is 1.79. The number of nitrogens with one attached hydrogen (secondary N) is 1. The minimum absolute atomic E-state index is 0.186. The van der Waals surface area contributed by atoms with Crippen LogP contribution in [-0.2, 0) is 0 Å². The lowest BCUT2D eigenvalue weighted by atomic mass is 9.98. The van der Waals surface area contributed by atoms with Crippen molar-refractivity contribution in [2.45, 2.75) is 6.42 Å². The number of piperidine rings is 1. The Labute approximate surface area is 54.9 Å². The van der Waals surface area contributed by atoms with Gasteiger partial charge in [0.1, 0.15) is 0 Å². The van der Waals surface area contributed by atoms with Crippen LogP contribution in [-0.4, -0.2) is 19.8 Å². The molecule has 0 bridgehead atoms. The zero-order valence-corrected chi connectivity index (χ0v) is 5.49. The molecule has 1 heterocycles. The van der Waals surface area contributed by atoms with Gasteiger partial charge in [0.05, 0.1) is 6.67 Å². The van der Waals surface area contributed by atoms with Crippen molar-refractivity contribution in [2.75, 3.05) is 19.8 Å². The zero-order chi connectivity index (χ0) is 6.69. The van der Waals surface area contributed by atoms with Gasteiger partial charge >= 0.3 is 0 Å². The van der Waals surface area contributed by atoms with Gasteiger partial charge in [0, 0.05) is 19.0 Å². The van der Waals surface area contributed by atoms with Gasteiger partial charge in [-0.25, -0.2) is 0 Å². The molecule has 1 aliphatic heterocycles. The second-order valence-electron chi connectivity index (χ2n) is 2.61. The third-order valence-electron chi connectivity index (χ3n) is 1.60. The minimum atomic E-state index is -0.216. The molecular formula is C7H12FN. The molecule has 0 radical (unpaired) electrons. The van der Waals surface area contributed by atoms with E-state index in [2.05, 4.69) is 11.9 Å². The molecule has 52 valence electrons. The first kappa shape index (κ1) is 6.75. The van der Waals surface area contributed by atoms with Crippen LogP contribution in [0.5, 0.6) is 0 Å². The summed E-state index contributed by atoms with van der Waals surface area (Å²) in [5, 5.41) is 3.10. The third-order valence-corrected chi connectivity index (χ3v) is 1.60. The van der Waals surface area contributed by atoms with Gasteiger partial charge in [-0.05, 0) is 6.42 Å². The van der Waals surface area contributed by atoms with Crippen LogP contribution in [0.2, 0.25) is 0 Å². The highest BCUT2D eigenvalue weighted by Crippen LogP contribution is 2.13. The summed E-state index contributed by atoms with van der Waals surface area (Å²) in [6.45, 7) is 5.25. The smallest absolute Gasteiger partial charge is 0.0937 e. The van der Waals surface area contributed by atoms with Crippen molar-refractivity contribution in [3.05, 3.63) is 12.2 Å². The largest absolute Gasteiger partial charge is 0.313 e. The summed E-state index contributed by atoms with van der Waals surface area (Å²) < 4.78 is 12.0. The summed E-state index contributed by atoms with van der Waals surface area (Å²) in [6.07, 6.45) is 0.865. The van der Waals surface area contributed by atoms with Crippen LogP contribution >= 0.6 is 0 Å². The van der Waals surface area contributed by atoms with E-state index in [0.29, 0.717) is 0 Å². The molecule has 1 nitrogen and oxygen atoms in total. The first-order valence-corrected chi connectivity index (χ1v) is 3.26. The van der Waals surface area contributed by atoms with E-state index in [1.54, 1.807) is 0 Å². The molecular weight excluding hydrogens is 117 g/mol. The van der Waals surface area contributed by atoms with Crippen molar-refractivity contribution < 1.29 is 4.39 Å². The molecule has 1 fully saturated rings. The molecule has 0 aromatic rings. The summed E-state index contributed by atoms with van der Waals surface area (Å²) in [7, 11) is 0. The lowest BCUT2D eigenvalue weighted by molar-refractivity contribution is 0.327. The van der Waals surface area contributed by atoms with E-state index in [-0.39, 0.29) is 12.6 Å². The fourth-order valence-corrected chi connectivity index (χ4v) is 1.11. The van der Waals surface area contributed by atoms with Crippen molar-refractivity contribution >= 4 is 0 Å². The standard InChI is InChI=1S/C7H12FN/c1-6-2-7(3-8)5-9-4-6/h7,9H,1-5H2. The molecule has 2 heteroatoms. The lowest BCUT2D eigenvalue weighted by Crippen LogP contribution is -2.32. The van der Waals surface area contributed by atoms with Crippen LogP contribution in [0, 0.1) is 5.92 Å². The van der Waals surface area contributed by atoms with E-state index in [1.807, 2.05) is 0 Å². The van der Waals surface area contributed by atoms with Crippen molar-refractivity contribution in [3.63, 3.8) is 0 Å². The molecule has 9 heavy (non-hydrogen) atoms. The Hall–Kier alpha value is -0.370. The van der Waals surface area contributed by atoms with E-state index in [9.17, 15) is 4.39 Å². The van der Waals surface area contributed by atoms with Gasteiger partial charge < -0.3 is 5.32 Å². The molecule has 0 amide bonds. The van der Waals surface area contributed by atoms with Gasteiger partial charge in [0.25, 0.3) is 0 Å². The Kier molecular flexibility index (Phi) is 2.22. The minimum Gasteiger partial charge on any atom is -0.313 e. The van der Waals surface area contributed by atoms with Crippen LogP contribution in [0.15, 0.2) is 12.2 Å². The van der Waals surface area contributed by atoms with Crippen molar-refractivity contribution in [1.29, 1.82) is 0 Å². The molecule has 0 aliphatic carbocycles. The van der Waals surface area contributed by atoms with Gasteiger partial charge in [-0.1, -0.05) is 12.2 Å². The quantitative estimate of drug-likeness (QED) is 0.523. The fourth-order valence-electron chi connectivity index (χ4n) is 1.11. The summed E-state index contributed by atoms with van der Waals surface area (Å²) in [5.41, 5.74) is 1.13. The van der Waals surface area contributed by atoms with Gasteiger partial charge in [-0.2, -0.15) is 0 Å². The van der Waals surface area contributed by atoms with Gasteiger partial charge in [-0.15, -0.1) is 0 Å². The predicted molar refractivity (Wildman–Crippen MR) is 36.1 cm³/mol. The van der Waals surface area contributed by atoms with E-state index >= 15 is 0 Å². The summed E-state index contributed by atoms with van der Waals surface area (Å²) in [4.78, 5) is 0. The Bertz CT molecular complexity index is 111. The molecule has 1 rings (SSSR count). The maximum Gasteiger partial charge on any atom is 0.0937 e. The lowest BCUT2D eigenvalue weighted by Gasteiger charge is -2.21. The second kappa shape index (κ2) is 2.97. The molecule has 0 aromatic heterocycles. The van der Waals surface area contributed by atoms with Crippen molar-refractivity contribution in [1.82, 2.24) is 5.32 Å². The highest BCUT2D eigenvalue weighted by atomic mass is 19.1. The molecule has 1 saturated heterocycles. The first-order valence-electron chi connectivity index (χ1n) is 3.26.